The van der Waals surface area contributed by atoms with Crippen LogP contribution in [0.4, 0.5) is 13.2 Å². The van der Waals surface area contributed by atoms with Crippen LogP contribution in [0.25, 0.3) is 0 Å². The normalized spacial score (nSPS) is 16.8. The fourth-order valence-electron chi connectivity index (χ4n) is 2.73. The van der Waals surface area contributed by atoms with E-state index < -0.39 is 18.2 Å². The van der Waals surface area contributed by atoms with Crippen molar-refractivity contribution in [2.45, 2.75) is 25.6 Å². The first-order chi connectivity index (χ1) is 12.5. The Labute approximate surface area is 148 Å². The van der Waals surface area contributed by atoms with E-state index in [2.05, 4.69) is 15.0 Å². The molecular weight excluding hydrogens is 347 g/mol. The van der Waals surface area contributed by atoms with E-state index in [0.717, 1.165) is 29.9 Å². The quantitative estimate of drug-likeness (QED) is 0.630. The Morgan fingerprint density at radius 3 is 2.88 bits per heavy atom. The topological polar surface area (TPSA) is 68.9 Å². The molecule has 0 bridgehead atoms. The standard InChI is InChI=1S/C18H18F3N3O2/c19-13-9-11(5-6-16(13)26-17(20)21)10-23-18(22)24-14-7-8-25-15-4-2-1-3-12(14)15/h1-6,9,14,17H,7-8,10H2,(H3,22,23,24). The van der Waals surface area contributed by atoms with Crippen LogP contribution in [0, 0.1) is 5.82 Å². The Bertz CT molecular complexity index is 799. The fourth-order valence-corrected chi connectivity index (χ4v) is 2.73. The molecule has 1 heterocycles. The lowest BCUT2D eigenvalue weighted by Crippen LogP contribution is -2.37. The number of ether oxygens (including phenoxy) is 2. The van der Waals surface area contributed by atoms with Crippen LogP contribution < -0.4 is 20.5 Å². The molecule has 138 valence electrons. The molecule has 1 aliphatic rings. The third-order valence-corrected chi connectivity index (χ3v) is 3.92. The highest BCUT2D eigenvalue weighted by molar-refractivity contribution is 5.78. The minimum absolute atomic E-state index is 0.0257. The first-order valence-electron chi connectivity index (χ1n) is 8.04. The number of hydrogen-bond donors (Lipinski definition) is 2. The van der Waals surface area contributed by atoms with Gasteiger partial charge >= 0.3 is 6.61 Å². The molecule has 3 rings (SSSR count). The van der Waals surface area contributed by atoms with Crippen molar-refractivity contribution in [3.05, 3.63) is 59.4 Å². The Hall–Kier alpha value is -2.90. The predicted octanol–water partition coefficient (Wildman–Crippen LogP) is 3.36. The number of nitrogens with zero attached hydrogens (tertiary/aromatic N) is 1. The first kappa shape index (κ1) is 17.9. The third kappa shape index (κ3) is 4.38. The van der Waals surface area contributed by atoms with Crippen molar-refractivity contribution in [2.75, 3.05) is 6.61 Å². The van der Waals surface area contributed by atoms with Crippen LogP contribution in [-0.4, -0.2) is 19.2 Å². The Morgan fingerprint density at radius 1 is 1.31 bits per heavy atom. The molecule has 2 aromatic carbocycles. The van der Waals surface area contributed by atoms with Gasteiger partial charge in [0.2, 0.25) is 0 Å². The smallest absolute Gasteiger partial charge is 0.387 e. The van der Waals surface area contributed by atoms with Gasteiger partial charge in [0.05, 0.1) is 19.2 Å². The van der Waals surface area contributed by atoms with E-state index in [-0.39, 0.29) is 18.5 Å². The summed E-state index contributed by atoms with van der Waals surface area (Å²) in [6, 6.07) is 11.3. The summed E-state index contributed by atoms with van der Waals surface area (Å²) in [6.45, 7) is -2.40. The van der Waals surface area contributed by atoms with Gasteiger partial charge in [0, 0.05) is 12.0 Å². The summed E-state index contributed by atoms with van der Waals surface area (Å²) < 4.78 is 47.6. The minimum atomic E-state index is -3.07. The fraction of sp³-hybridized carbons (Fsp3) is 0.278. The monoisotopic (exact) mass is 365 g/mol. The van der Waals surface area contributed by atoms with Gasteiger partial charge in [-0.25, -0.2) is 9.38 Å². The van der Waals surface area contributed by atoms with Crippen molar-refractivity contribution < 1.29 is 22.6 Å². The molecule has 1 aliphatic heterocycles. The highest BCUT2D eigenvalue weighted by atomic mass is 19.3. The molecule has 2 aromatic rings. The second-order valence-electron chi connectivity index (χ2n) is 5.72. The summed E-state index contributed by atoms with van der Waals surface area (Å²) in [5.41, 5.74) is 7.41. The minimum Gasteiger partial charge on any atom is -0.493 e. The number of guanidine groups is 1. The maximum Gasteiger partial charge on any atom is 0.387 e. The van der Waals surface area contributed by atoms with E-state index in [1.54, 1.807) is 0 Å². The van der Waals surface area contributed by atoms with Crippen LogP contribution in [0.5, 0.6) is 11.5 Å². The van der Waals surface area contributed by atoms with Crippen molar-refractivity contribution in [1.29, 1.82) is 0 Å². The zero-order valence-corrected chi connectivity index (χ0v) is 13.8. The maximum atomic E-state index is 13.7. The molecule has 0 aliphatic carbocycles. The van der Waals surface area contributed by atoms with Gasteiger partial charge in [0.15, 0.2) is 17.5 Å². The van der Waals surface area contributed by atoms with E-state index >= 15 is 0 Å². The van der Waals surface area contributed by atoms with Crippen LogP contribution in [0.2, 0.25) is 0 Å². The highest BCUT2D eigenvalue weighted by Crippen LogP contribution is 2.31. The number of nitrogens with two attached hydrogens (primary N) is 1. The van der Waals surface area contributed by atoms with Gasteiger partial charge < -0.3 is 20.5 Å². The van der Waals surface area contributed by atoms with Gasteiger partial charge in [-0.3, -0.25) is 0 Å². The van der Waals surface area contributed by atoms with E-state index in [4.69, 9.17) is 10.5 Å². The third-order valence-electron chi connectivity index (χ3n) is 3.92. The Balaban J connectivity index is 1.63. The summed E-state index contributed by atoms with van der Waals surface area (Å²) >= 11 is 0. The van der Waals surface area contributed by atoms with Crippen LogP contribution in [0.3, 0.4) is 0 Å². The lowest BCUT2D eigenvalue weighted by molar-refractivity contribution is -0.0522. The second-order valence-corrected chi connectivity index (χ2v) is 5.72. The lowest BCUT2D eigenvalue weighted by atomic mass is 10.0. The lowest BCUT2D eigenvalue weighted by Gasteiger charge is -2.26. The van der Waals surface area contributed by atoms with E-state index in [0.29, 0.717) is 12.2 Å². The van der Waals surface area contributed by atoms with E-state index in [9.17, 15) is 13.2 Å². The van der Waals surface area contributed by atoms with Crippen molar-refractivity contribution in [2.24, 2.45) is 10.7 Å². The molecule has 0 radical (unpaired) electrons. The number of hydrogen-bond acceptors (Lipinski definition) is 3. The molecule has 0 aromatic heterocycles. The average Bonchev–Trinajstić information content (AvgIpc) is 2.62. The second kappa shape index (κ2) is 7.99. The number of para-hydroxylation sites is 1. The first-order valence-corrected chi connectivity index (χ1v) is 8.04. The highest BCUT2D eigenvalue weighted by Gasteiger charge is 2.21. The van der Waals surface area contributed by atoms with Crippen LogP contribution >= 0.6 is 0 Å². The summed E-state index contributed by atoms with van der Waals surface area (Å²) in [5, 5.41) is 3.13. The average molecular weight is 365 g/mol. The number of fused-ring (bicyclic) bond motifs is 1. The van der Waals surface area contributed by atoms with Crippen molar-refractivity contribution in [3.63, 3.8) is 0 Å². The SMILES string of the molecule is NC(=NCc1ccc(OC(F)F)c(F)c1)NC1CCOc2ccccc21. The summed E-state index contributed by atoms with van der Waals surface area (Å²) in [5.74, 6) is -0.360. The molecule has 0 saturated heterocycles. The Kier molecular flexibility index (Phi) is 5.50. The molecule has 3 N–H and O–H groups in total. The Morgan fingerprint density at radius 2 is 2.12 bits per heavy atom. The molecular formula is C18H18F3N3O2. The molecule has 0 amide bonds. The maximum absolute atomic E-state index is 13.7. The molecule has 5 nitrogen and oxygen atoms in total. The van der Waals surface area contributed by atoms with Gasteiger partial charge in [0.25, 0.3) is 0 Å². The van der Waals surface area contributed by atoms with Crippen LogP contribution in [-0.2, 0) is 6.54 Å². The number of alkyl halides is 2. The van der Waals surface area contributed by atoms with Crippen molar-refractivity contribution >= 4 is 5.96 Å². The zero-order valence-electron chi connectivity index (χ0n) is 13.8. The van der Waals surface area contributed by atoms with Gasteiger partial charge in [0.1, 0.15) is 5.75 Å². The van der Waals surface area contributed by atoms with Crippen molar-refractivity contribution in [1.82, 2.24) is 5.32 Å². The number of rotatable bonds is 5. The van der Waals surface area contributed by atoms with E-state index in [1.807, 2.05) is 24.3 Å². The molecule has 8 heteroatoms. The molecule has 0 spiro atoms. The van der Waals surface area contributed by atoms with E-state index in [1.165, 1.54) is 6.07 Å². The van der Waals surface area contributed by atoms with Gasteiger partial charge in [-0.05, 0) is 23.8 Å². The molecule has 0 saturated carbocycles. The predicted molar refractivity (Wildman–Crippen MR) is 90.8 cm³/mol. The summed E-state index contributed by atoms with van der Waals surface area (Å²) in [6.07, 6.45) is 0.738. The van der Waals surface area contributed by atoms with Gasteiger partial charge in [-0.15, -0.1) is 0 Å². The number of aliphatic imine (C=N–C) groups is 1. The number of benzene rings is 2. The molecule has 26 heavy (non-hydrogen) atoms. The summed E-state index contributed by atoms with van der Waals surface area (Å²) in [7, 11) is 0. The van der Waals surface area contributed by atoms with Crippen molar-refractivity contribution in [3.8, 4) is 11.5 Å². The van der Waals surface area contributed by atoms with Crippen LogP contribution in [0.15, 0.2) is 47.5 Å². The van der Waals surface area contributed by atoms with Crippen LogP contribution in [0.1, 0.15) is 23.6 Å². The van der Waals surface area contributed by atoms with Gasteiger partial charge in [-0.1, -0.05) is 24.3 Å². The molecule has 0 fully saturated rings. The largest absolute Gasteiger partial charge is 0.493 e. The summed E-state index contributed by atoms with van der Waals surface area (Å²) in [4.78, 5) is 4.18. The van der Waals surface area contributed by atoms with Gasteiger partial charge in [-0.2, -0.15) is 8.78 Å². The number of halogens is 3. The molecule has 1 atom stereocenters. The zero-order chi connectivity index (χ0) is 18.5. The molecule has 1 unspecified atom stereocenters. The number of nitrogens with one attached hydrogen (secondary N) is 1.